The van der Waals surface area contributed by atoms with Gasteiger partial charge in [-0.05, 0) is 47.5 Å². The van der Waals surface area contributed by atoms with Crippen molar-refractivity contribution in [2.75, 3.05) is 20.8 Å². The van der Waals surface area contributed by atoms with Crippen molar-refractivity contribution < 1.29 is 19.3 Å². The second-order valence-electron chi connectivity index (χ2n) is 6.79. The zero-order valence-electron chi connectivity index (χ0n) is 16.7. The lowest BCUT2D eigenvalue weighted by atomic mass is 9.83. The number of ether oxygens (including phenoxy) is 3. The molecule has 0 radical (unpaired) electrons. The maximum absolute atomic E-state index is 10.8. The summed E-state index contributed by atoms with van der Waals surface area (Å²) < 4.78 is 16.2. The Balaban J connectivity index is 1.83. The largest absolute Gasteiger partial charge is 0.497 e. The molecule has 3 rings (SSSR count). The van der Waals surface area contributed by atoms with Gasteiger partial charge in [-0.2, -0.15) is 0 Å². The number of rotatable bonds is 9. The van der Waals surface area contributed by atoms with E-state index in [2.05, 4.69) is 0 Å². The van der Waals surface area contributed by atoms with Crippen molar-refractivity contribution in [1.29, 1.82) is 0 Å². The summed E-state index contributed by atoms with van der Waals surface area (Å²) in [5, 5.41) is 10.8. The Hall–Kier alpha value is -3.02. The van der Waals surface area contributed by atoms with Crippen LogP contribution < -0.4 is 19.9 Å². The quantitative estimate of drug-likeness (QED) is 0.581. The first-order chi connectivity index (χ1) is 14.1. The maximum atomic E-state index is 10.8. The molecule has 5 nitrogen and oxygen atoms in total. The molecule has 0 aliphatic heterocycles. The van der Waals surface area contributed by atoms with E-state index in [0.29, 0.717) is 5.75 Å². The highest BCUT2D eigenvalue weighted by molar-refractivity contribution is 5.40. The van der Waals surface area contributed by atoms with Crippen molar-refractivity contribution >= 4 is 0 Å². The molecule has 0 saturated carbocycles. The smallest absolute Gasteiger partial charge is 0.119 e. The number of hydrogen-bond donors (Lipinski definition) is 2. The Labute approximate surface area is 171 Å². The lowest BCUT2D eigenvalue weighted by molar-refractivity contribution is 0.0804. The van der Waals surface area contributed by atoms with E-state index in [-0.39, 0.29) is 12.5 Å². The minimum atomic E-state index is -0.857. The van der Waals surface area contributed by atoms with Crippen LogP contribution in [0.3, 0.4) is 0 Å². The van der Waals surface area contributed by atoms with Crippen LogP contribution in [0.25, 0.3) is 0 Å². The summed E-state index contributed by atoms with van der Waals surface area (Å²) in [6.07, 6.45) is -0.857. The van der Waals surface area contributed by atoms with Gasteiger partial charge >= 0.3 is 0 Å². The lowest BCUT2D eigenvalue weighted by Crippen LogP contribution is -2.43. The summed E-state index contributed by atoms with van der Waals surface area (Å²) >= 11 is 0. The Morgan fingerprint density at radius 2 is 1.21 bits per heavy atom. The third-order valence-corrected chi connectivity index (χ3v) is 4.94. The van der Waals surface area contributed by atoms with Gasteiger partial charge < -0.3 is 25.1 Å². The van der Waals surface area contributed by atoms with E-state index in [1.807, 2.05) is 78.9 Å². The number of aliphatic hydroxyl groups excluding tert-OH is 1. The van der Waals surface area contributed by atoms with Crippen LogP contribution in [0.4, 0.5) is 0 Å². The molecule has 0 spiro atoms. The number of para-hydroxylation sites is 1. The highest BCUT2D eigenvalue weighted by atomic mass is 16.5. The molecular formula is C24H27NO4. The van der Waals surface area contributed by atoms with Crippen LogP contribution in [0.15, 0.2) is 78.9 Å². The van der Waals surface area contributed by atoms with Crippen molar-refractivity contribution in [2.45, 2.75) is 18.1 Å². The predicted octanol–water partition coefficient (Wildman–Crippen LogP) is 3.60. The van der Waals surface area contributed by atoms with Crippen LogP contribution in [-0.2, 0) is 0 Å². The van der Waals surface area contributed by atoms with Gasteiger partial charge in [-0.25, -0.2) is 0 Å². The van der Waals surface area contributed by atoms with E-state index in [1.54, 1.807) is 14.2 Å². The summed E-state index contributed by atoms with van der Waals surface area (Å²) in [4.78, 5) is 0. The molecule has 2 unspecified atom stereocenters. The first-order valence-electron chi connectivity index (χ1n) is 9.51. The Morgan fingerprint density at radius 1 is 0.724 bits per heavy atom. The van der Waals surface area contributed by atoms with Crippen molar-refractivity contribution in [3.05, 3.63) is 90.0 Å². The molecule has 2 atom stereocenters. The normalized spacial score (nSPS) is 13.0. The van der Waals surface area contributed by atoms with Gasteiger partial charge in [0, 0.05) is 12.0 Å². The standard InChI is InChI=1S/C24H27NO4/c1-27-19-12-8-17(9-13-19)23(18-10-14-20(28-2)15-11-18)24(25)22(26)16-29-21-6-4-3-5-7-21/h3-15,22-24,26H,16,25H2,1-2H3. The molecule has 0 aliphatic carbocycles. The average molecular weight is 393 g/mol. The van der Waals surface area contributed by atoms with Crippen molar-refractivity contribution in [3.63, 3.8) is 0 Å². The van der Waals surface area contributed by atoms with Crippen LogP contribution in [0.5, 0.6) is 17.2 Å². The SMILES string of the molecule is COc1ccc(C(c2ccc(OC)cc2)C(N)C(O)COc2ccccc2)cc1. The number of aliphatic hydroxyl groups is 1. The maximum Gasteiger partial charge on any atom is 0.119 e. The van der Waals surface area contributed by atoms with E-state index in [4.69, 9.17) is 19.9 Å². The number of nitrogens with two attached hydrogens (primary N) is 1. The highest BCUT2D eigenvalue weighted by Gasteiger charge is 2.28. The molecule has 0 heterocycles. The fraction of sp³-hybridized carbons (Fsp3) is 0.250. The first kappa shape index (κ1) is 20.7. The van der Waals surface area contributed by atoms with Crippen molar-refractivity contribution in [2.24, 2.45) is 5.73 Å². The van der Waals surface area contributed by atoms with E-state index in [9.17, 15) is 5.11 Å². The van der Waals surface area contributed by atoms with Gasteiger partial charge in [0.15, 0.2) is 0 Å². The predicted molar refractivity (Wildman–Crippen MR) is 114 cm³/mol. The Kier molecular flexibility index (Phi) is 7.11. The molecule has 152 valence electrons. The van der Waals surface area contributed by atoms with Crippen LogP contribution in [-0.4, -0.2) is 38.1 Å². The van der Waals surface area contributed by atoms with Crippen LogP contribution in [0.1, 0.15) is 17.0 Å². The molecule has 0 aromatic heterocycles. The number of benzene rings is 3. The average Bonchev–Trinajstić information content (AvgIpc) is 2.79. The van der Waals surface area contributed by atoms with Gasteiger partial charge in [0.2, 0.25) is 0 Å². The summed E-state index contributed by atoms with van der Waals surface area (Å²) in [5.74, 6) is 2.01. The first-order valence-corrected chi connectivity index (χ1v) is 9.51. The zero-order chi connectivity index (χ0) is 20.6. The van der Waals surface area contributed by atoms with Crippen LogP contribution in [0, 0.1) is 0 Å². The van der Waals surface area contributed by atoms with E-state index < -0.39 is 12.1 Å². The molecule has 3 aromatic rings. The monoisotopic (exact) mass is 393 g/mol. The molecule has 0 amide bonds. The van der Waals surface area contributed by atoms with Crippen LogP contribution in [0.2, 0.25) is 0 Å². The summed E-state index contributed by atoms with van der Waals surface area (Å²) in [5.41, 5.74) is 8.51. The molecule has 3 aromatic carbocycles. The summed E-state index contributed by atoms with van der Waals surface area (Å²) in [7, 11) is 3.26. The lowest BCUT2D eigenvalue weighted by Gasteiger charge is -2.29. The van der Waals surface area contributed by atoms with Gasteiger partial charge in [-0.15, -0.1) is 0 Å². The highest BCUT2D eigenvalue weighted by Crippen LogP contribution is 2.31. The summed E-state index contributed by atoms with van der Waals surface area (Å²) in [6, 6.07) is 24.3. The van der Waals surface area contributed by atoms with E-state index >= 15 is 0 Å². The van der Waals surface area contributed by atoms with Crippen molar-refractivity contribution in [3.8, 4) is 17.2 Å². The third-order valence-electron chi connectivity index (χ3n) is 4.94. The van der Waals surface area contributed by atoms with Gasteiger partial charge in [-0.3, -0.25) is 0 Å². The molecule has 5 heteroatoms. The fourth-order valence-corrected chi connectivity index (χ4v) is 3.29. The van der Waals surface area contributed by atoms with E-state index in [0.717, 1.165) is 22.6 Å². The Bertz CT molecular complexity index is 818. The Morgan fingerprint density at radius 3 is 1.66 bits per heavy atom. The minimum Gasteiger partial charge on any atom is -0.497 e. The molecule has 3 N–H and O–H groups in total. The molecule has 29 heavy (non-hydrogen) atoms. The second-order valence-corrected chi connectivity index (χ2v) is 6.79. The molecule has 0 aliphatic rings. The number of methoxy groups -OCH3 is 2. The van der Waals surface area contributed by atoms with Crippen molar-refractivity contribution in [1.82, 2.24) is 0 Å². The molecule has 0 saturated heterocycles. The zero-order valence-corrected chi connectivity index (χ0v) is 16.7. The van der Waals surface area contributed by atoms with Gasteiger partial charge in [0.25, 0.3) is 0 Å². The van der Waals surface area contributed by atoms with Gasteiger partial charge in [0.05, 0.1) is 14.2 Å². The van der Waals surface area contributed by atoms with E-state index in [1.165, 1.54) is 0 Å². The topological polar surface area (TPSA) is 73.9 Å². The van der Waals surface area contributed by atoms with Crippen LogP contribution >= 0.6 is 0 Å². The fourth-order valence-electron chi connectivity index (χ4n) is 3.29. The number of hydrogen-bond acceptors (Lipinski definition) is 5. The summed E-state index contributed by atoms with van der Waals surface area (Å²) in [6.45, 7) is 0.105. The minimum absolute atomic E-state index is 0.105. The van der Waals surface area contributed by atoms with Gasteiger partial charge in [0.1, 0.15) is 30.0 Å². The molecular weight excluding hydrogens is 366 g/mol. The second kappa shape index (κ2) is 9.96. The molecule has 0 bridgehead atoms. The third kappa shape index (κ3) is 5.28. The van der Waals surface area contributed by atoms with Gasteiger partial charge in [-0.1, -0.05) is 42.5 Å². The molecule has 0 fully saturated rings.